The molecule has 0 aliphatic heterocycles. The number of carbonyl (C=O) groups excluding carboxylic acids is 1. The van der Waals surface area contributed by atoms with E-state index in [0.717, 1.165) is 11.4 Å². The lowest BCUT2D eigenvalue weighted by Crippen LogP contribution is -2.08. The number of furan rings is 1. The van der Waals surface area contributed by atoms with Gasteiger partial charge in [-0.25, -0.2) is 10.2 Å². The fourth-order valence-corrected chi connectivity index (χ4v) is 3.40. The molecular formula is C28H23N7O4. The van der Waals surface area contributed by atoms with Gasteiger partial charge in [0.2, 0.25) is 23.6 Å². The predicted octanol–water partition coefficient (Wildman–Crippen LogP) is 5.63. The Labute approximate surface area is 223 Å². The molecule has 5 aromatic rings. The Morgan fingerprint density at radius 3 is 2.03 bits per heavy atom. The third-order valence-electron chi connectivity index (χ3n) is 5.19. The van der Waals surface area contributed by atoms with Crippen molar-refractivity contribution in [1.29, 1.82) is 0 Å². The monoisotopic (exact) mass is 521 g/mol. The number of rotatable bonds is 10. The number of benzene rings is 3. The van der Waals surface area contributed by atoms with Crippen molar-refractivity contribution < 1.29 is 18.7 Å². The van der Waals surface area contributed by atoms with E-state index in [2.05, 4.69) is 36.1 Å². The predicted molar refractivity (Wildman–Crippen MR) is 147 cm³/mol. The van der Waals surface area contributed by atoms with Gasteiger partial charge in [-0.2, -0.15) is 20.1 Å². The molecule has 194 valence electrons. The molecular weight excluding hydrogens is 498 g/mol. The lowest BCUT2D eigenvalue weighted by atomic mass is 10.2. The maximum absolute atomic E-state index is 12.2. The molecule has 11 nitrogen and oxygen atoms in total. The van der Waals surface area contributed by atoms with Crippen molar-refractivity contribution in [2.45, 2.75) is 0 Å². The summed E-state index contributed by atoms with van der Waals surface area (Å²) in [6, 6.07) is 27.2. The number of esters is 1. The average molecular weight is 522 g/mol. The van der Waals surface area contributed by atoms with E-state index < -0.39 is 5.97 Å². The van der Waals surface area contributed by atoms with Crippen LogP contribution in [0.2, 0.25) is 0 Å². The summed E-state index contributed by atoms with van der Waals surface area (Å²) >= 11 is 0. The van der Waals surface area contributed by atoms with Gasteiger partial charge in [-0.1, -0.05) is 36.4 Å². The van der Waals surface area contributed by atoms with E-state index in [1.165, 1.54) is 19.4 Å². The molecule has 0 aliphatic carbocycles. The number of methoxy groups -OCH3 is 1. The minimum absolute atomic E-state index is 0.0893. The van der Waals surface area contributed by atoms with Crippen LogP contribution in [0.25, 0.3) is 0 Å². The Morgan fingerprint density at radius 1 is 0.795 bits per heavy atom. The molecule has 0 aliphatic rings. The van der Waals surface area contributed by atoms with E-state index in [1.807, 2.05) is 60.7 Å². The van der Waals surface area contributed by atoms with Gasteiger partial charge in [-0.15, -0.1) is 0 Å². The summed E-state index contributed by atoms with van der Waals surface area (Å²) in [5.74, 6) is 0.933. The molecule has 0 amide bonds. The first-order valence-corrected chi connectivity index (χ1v) is 11.8. The highest BCUT2D eigenvalue weighted by Crippen LogP contribution is 2.28. The van der Waals surface area contributed by atoms with Crippen LogP contribution in [0.5, 0.6) is 11.5 Å². The number of aromatic nitrogens is 3. The second-order valence-electron chi connectivity index (χ2n) is 7.94. The minimum atomic E-state index is -0.629. The van der Waals surface area contributed by atoms with Gasteiger partial charge < -0.3 is 24.5 Å². The number of para-hydroxylation sites is 2. The van der Waals surface area contributed by atoms with E-state index in [4.69, 9.17) is 13.9 Å². The smallest absolute Gasteiger partial charge is 0.379 e. The summed E-state index contributed by atoms with van der Waals surface area (Å²) in [6.45, 7) is 0. The van der Waals surface area contributed by atoms with Crippen LogP contribution in [-0.2, 0) is 0 Å². The van der Waals surface area contributed by atoms with Crippen molar-refractivity contribution in [2.75, 3.05) is 23.2 Å². The molecule has 0 saturated heterocycles. The van der Waals surface area contributed by atoms with Gasteiger partial charge in [0, 0.05) is 11.4 Å². The van der Waals surface area contributed by atoms with Crippen molar-refractivity contribution in [3.05, 3.63) is 109 Å². The third kappa shape index (κ3) is 6.74. The Morgan fingerprint density at radius 2 is 1.44 bits per heavy atom. The van der Waals surface area contributed by atoms with E-state index >= 15 is 0 Å². The number of nitrogens with zero attached hydrogens (tertiary/aromatic N) is 4. The Balaban J connectivity index is 1.32. The maximum atomic E-state index is 12.2. The van der Waals surface area contributed by atoms with Crippen LogP contribution in [0.15, 0.2) is 107 Å². The fraction of sp³-hybridized carbons (Fsp3) is 0.0357. The van der Waals surface area contributed by atoms with Crippen LogP contribution in [0, 0.1) is 0 Å². The van der Waals surface area contributed by atoms with Crippen molar-refractivity contribution >= 4 is 41.4 Å². The first-order valence-electron chi connectivity index (χ1n) is 11.8. The van der Waals surface area contributed by atoms with Gasteiger partial charge in [0.25, 0.3) is 0 Å². The molecule has 0 fully saturated rings. The van der Waals surface area contributed by atoms with Crippen LogP contribution in [0.1, 0.15) is 16.1 Å². The Hall–Kier alpha value is -5.71. The number of hydrogen-bond donors (Lipinski definition) is 3. The highest BCUT2D eigenvalue weighted by molar-refractivity contribution is 5.89. The summed E-state index contributed by atoms with van der Waals surface area (Å²) < 4.78 is 15.8. The zero-order valence-corrected chi connectivity index (χ0v) is 20.7. The van der Waals surface area contributed by atoms with Crippen molar-refractivity contribution in [3.63, 3.8) is 0 Å². The Kier molecular flexibility index (Phi) is 7.69. The van der Waals surface area contributed by atoms with Crippen molar-refractivity contribution in [1.82, 2.24) is 15.0 Å². The van der Waals surface area contributed by atoms with Gasteiger partial charge in [0.15, 0.2) is 11.5 Å². The summed E-state index contributed by atoms with van der Waals surface area (Å²) in [7, 11) is 1.48. The highest BCUT2D eigenvalue weighted by atomic mass is 16.6. The average Bonchev–Trinajstić information content (AvgIpc) is 3.50. The first kappa shape index (κ1) is 25.0. The molecule has 11 heteroatoms. The quantitative estimate of drug-likeness (QED) is 0.0918. The largest absolute Gasteiger partial charge is 0.493 e. The Bertz CT molecular complexity index is 1500. The number of ether oxygens (including phenoxy) is 2. The zero-order valence-electron chi connectivity index (χ0n) is 20.7. The molecule has 39 heavy (non-hydrogen) atoms. The second-order valence-corrected chi connectivity index (χ2v) is 7.94. The van der Waals surface area contributed by atoms with Crippen LogP contribution >= 0.6 is 0 Å². The fourth-order valence-electron chi connectivity index (χ4n) is 3.40. The second kappa shape index (κ2) is 12.0. The van der Waals surface area contributed by atoms with Crippen molar-refractivity contribution in [3.8, 4) is 11.5 Å². The molecule has 3 N–H and O–H groups in total. The minimum Gasteiger partial charge on any atom is -0.493 e. The molecule has 2 heterocycles. The van der Waals surface area contributed by atoms with E-state index in [1.54, 1.807) is 30.5 Å². The summed E-state index contributed by atoms with van der Waals surface area (Å²) in [5, 5.41) is 10.6. The maximum Gasteiger partial charge on any atom is 0.379 e. The molecule has 0 saturated carbocycles. The summed E-state index contributed by atoms with van der Waals surface area (Å²) in [4.78, 5) is 25.5. The lowest BCUT2D eigenvalue weighted by molar-refractivity contribution is 0.0696. The third-order valence-corrected chi connectivity index (χ3v) is 5.19. The molecule has 0 unspecified atom stereocenters. The summed E-state index contributed by atoms with van der Waals surface area (Å²) in [6.07, 6.45) is 2.95. The number of hydrazone groups is 1. The molecule has 0 radical (unpaired) electrons. The summed E-state index contributed by atoms with van der Waals surface area (Å²) in [5.41, 5.74) is 5.16. The van der Waals surface area contributed by atoms with E-state index in [9.17, 15) is 4.79 Å². The first-order chi connectivity index (χ1) is 19.2. The van der Waals surface area contributed by atoms with Gasteiger partial charge in [0.1, 0.15) is 0 Å². The molecule has 0 bridgehead atoms. The lowest BCUT2D eigenvalue weighted by Gasteiger charge is -2.10. The van der Waals surface area contributed by atoms with Gasteiger partial charge in [0.05, 0.1) is 19.6 Å². The number of carbonyl (C=O) groups is 1. The normalized spacial score (nSPS) is 10.7. The van der Waals surface area contributed by atoms with Crippen LogP contribution < -0.4 is 25.5 Å². The molecule has 2 aromatic heterocycles. The highest BCUT2D eigenvalue weighted by Gasteiger charge is 2.15. The number of nitrogens with one attached hydrogen (secondary N) is 3. The molecule has 0 spiro atoms. The van der Waals surface area contributed by atoms with Crippen LogP contribution in [-0.4, -0.2) is 34.2 Å². The topological polar surface area (TPSA) is 136 Å². The number of hydrogen-bond acceptors (Lipinski definition) is 11. The van der Waals surface area contributed by atoms with E-state index in [0.29, 0.717) is 23.2 Å². The SMILES string of the molecule is COc1cc(/C=N\Nc2nc(Nc3ccccc3)nc(Nc3ccccc3)n2)ccc1OC(=O)c1ccco1. The van der Waals surface area contributed by atoms with Gasteiger partial charge >= 0.3 is 5.97 Å². The zero-order chi connectivity index (χ0) is 26.9. The van der Waals surface area contributed by atoms with Crippen molar-refractivity contribution in [2.24, 2.45) is 5.10 Å². The molecule has 5 rings (SSSR count). The molecule has 3 aromatic carbocycles. The van der Waals surface area contributed by atoms with Gasteiger partial charge in [-0.05, 0) is 60.2 Å². The van der Waals surface area contributed by atoms with Crippen LogP contribution in [0.3, 0.4) is 0 Å². The van der Waals surface area contributed by atoms with Gasteiger partial charge in [-0.3, -0.25) is 0 Å². The van der Waals surface area contributed by atoms with E-state index in [-0.39, 0.29) is 17.5 Å². The molecule has 0 atom stereocenters. The van der Waals surface area contributed by atoms with Crippen LogP contribution in [0.4, 0.5) is 29.2 Å². The standard InChI is InChI=1S/C28H23N7O4/c1-37-24-17-19(14-15-22(24)39-25(36)23-13-8-16-38-23)18-29-35-28-33-26(30-20-9-4-2-5-10-20)32-27(34-28)31-21-11-6-3-7-12-21/h2-18H,1H3,(H3,30,31,32,33,34,35)/b29-18-. The number of anilines is 5.